The zero-order valence-electron chi connectivity index (χ0n) is 9.33. The molecule has 2 heteroatoms. The summed E-state index contributed by atoms with van der Waals surface area (Å²) >= 11 is 2.00. The minimum Gasteiger partial charge on any atom is -0.316 e. The molecule has 1 aliphatic heterocycles. The minimum atomic E-state index is 0.876. The van der Waals surface area contributed by atoms with Crippen LogP contribution in [0.3, 0.4) is 0 Å². The predicted octanol–water partition coefficient (Wildman–Crippen LogP) is 2.95. The number of aryl methyl sites for hydroxylation is 1. The van der Waals surface area contributed by atoms with Crippen LogP contribution in [0.5, 0.6) is 0 Å². The molecular formula is C13H19NS. The molecule has 1 N–H and O–H groups in total. The van der Waals surface area contributed by atoms with E-state index in [1.54, 1.807) is 0 Å². The van der Waals surface area contributed by atoms with Gasteiger partial charge >= 0.3 is 0 Å². The molecule has 1 nitrogen and oxygen atoms in total. The van der Waals surface area contributed by atoms with Crippen molar-refractivity contribution in [1.29, 1.82) is 0 Å². The first kappa shape index (κ1) is 11.0. The minimum absolute atomic E-state index is 0.876. The number of rotatable bonds is 4. The summed E-state index contributed by atoms with van der Waals surface area (Å²) in [5.41, 5.74) is 1.43. The normalized spacial score (nSPS) is 20.7. The molecule has 1 aliphatic rings. The third kappa shape index (κ3) is 3.25. The predicted molar refractivity (Wildman–Crippen MR) is 67.5 cm³/mol. The summed E-state index contributed by atoms with van der Waals surface area (Å²) in [6, 6.07) is 9.00. The van der Waals surface area contributed by atoms with Crippen LogP contribution in [0.15, 0.2) is 29.2 Å². The van der Waals surface area contributed by atoms with Crippen molar-refractivity contribution in [3.63, 3.8) is 0 Å². The smallest absolute Gasteiger partial charge is 0.00722 e. The summed E-state index contributed by atoms with van der Waals surface area (Å²) < 4.78 is 0. The number of nitrogens with one attached hydrogen (secondary N) is 1. The lowest BCUT2D eigenvalue weighted by molar-refractivity contribution is 0.663. The van der Waals surface area contributed by atoms with Crippen molar-refractivity contribution in [2.75, 3.05) is 18.8 Å². The van der Waals surface area contributed by atoms with Crippen molar-refractivity contribution in [1.82, 2.24) is 5.32 Å². The van der Waals surface area contributed by atoms with E-state index in [9.17, 15) is 0 Å². The molecule has 82 valence electrons. The highest BCUT2D eigenvalue weighted by Gasteiger charge is 2.14. The molecule has 1 aromatic carbocycles. The van der Waals surface area contributed by atoms with Gasteiger partial charge in [-0.15, -0.1) is 11.8 Å². The largest absolute Gasteiger partial charge is 0.316 e. The van der Waals surface area contributed by atoms with Crippen LogP contribution in [0.2, 0.25) is 0 Å². The van der Waals surface area contributed by atoms with E-state index in [-0.39, 0.29) is 0 Å². The summed E-state index contributed by atoms with van der Waals surface area (Å²) in [5.74, 6) is 2.14. The molecular weight excluding hydrogens is 202 g/mol. The first-order valence-corrected chi connectivity index (χ1v) is 6.79. The van der Waals surface area contributed by atoms with E-state index < -0.39 is 0 Å². The Morgan fingerprint density at radius 2 is 2.13 bits per heavy atom. The second kappa shape index (κ2) is 5.57. The summed E-state index contributed by atoms with van der Waals surface area (Å²) in [6.45, 7) is 4.62. The highest BCUT2D eigenvalue weighted by Crippen LogP contribution is 2.23. The van der Waals surface area contributed by atoms with E-state index in [0.717, 1.165) is 12.3 Å². The molecule has 0 bridgehead atoms. The molecule has 1 saturated heterocycles. The lowest BCUT2D eigenvalue weighted by atomic mass is 10.2. The third-order valence-electron chi connectivity index (χ3n) is 2.98. The molecule has 1 fully saturated rings. The van der Waals surface area contributed by atoms with E-state index in [2.05, 4.69) is 36.5 Å². The van der Waals surface area contributed by atoms with Crippen LogP contribution < -0.4 is 5.32 Å². The van der Waals surface area contributed by atoms with Gasteiger partial charge in [0, 0.05) is 10.6 Å². The summed E-state index contributed by atoms with van der Waals surface area (Å²) in [4.78, 5) is 1.42. The number of thioether (sulfide) groups is 1. The van der Waals surface area contributed by atoms with E-state index in [0.29, 0.717) is 0 Å². The van der Waals surface area contributed by atoms with Gasteiger partial charge in [-0.25, -0.2) is 0 Å². The van der Waals surface area contributed by atoms with Gasteiger partial charge in [0.2, 0.25) is 0 Å². The summed E-state index contributed by atoms with van der Waals surface area (Å²) in [5, 5.41) is 3.41. The molecule has 0 saturated carbocycles. The zero-order valence-corrected chi connectivity index (χ0v) is 10.1. The van der Waals surface area contributed by atoms with Crippen LogP contribution >= 0.6 is 11.8 Å². The Morgan fingerprint density at radius 1 is 1.33 bits per heavy atom. The van der Waals surface area contributed by atoms with E-state index >= 15 is 0 Å². The van der Waals surface area contributed by atoms with Crippen LogP contribution in [0.1, 0.15) is 18.9 Å². The van der Waals surface area contributed by atoms with Crippen LogP contribution in [-0.2, 0) is 6.42 Å². The van der Waals surface area contributed by atoms with E-state index in [1.165, 1.54) is 35.7 Å². The molecule has 2 rings (SSSR count). The lowest BCUT2D eigenvalue weighted by Crippen LogP contribution is -2.10. The molecule has 0 radical (unpaired) electrons. The molecule has 1 aromatic rings. The molecule has 1 heterocycles. The first-order chi connectivity index (χ1) is 7.38. The average molecular weight is 221 g/mol. The fourth-order valence-corrected chi connectivity index (χ4v) is 2.93. The third-order valence-corrected chi connectivity index (χ3v) is 4.22. The van der Waals surface area contributed by atoms with Crippen molar-refractivity contribution in [3.8, 4) is 0 Å². The topological polar surface area (TPSA) is 12.0 Å². The van der Waals surface area contributed by atoms with Gasteiger partial charge in [-0.1, -0.05) is 19.1 Å². The molecule has 0 amide bonds. The van der Waals surface area contributed by atoms with Gasteiger partial charge in [-0.05, 0) is 49.5 Å². The summed E-state index contributed by atoms with van der Waals surface area (Å²) in [7, 11) is 0. The van der Waals surface area contributed by atoms with Gasteiger partial charge in [0.05, 0.1) is 0 Å². The SMILES string of the molecule is CCc1ccc(SCC2CCNC2)cc1. The van der Waals surface area contributed by atoms with Gasteiger partial charge in [-0.2, -0.15) is 0 Å². The van der Waals surface area contributed by atoms with Crippen molar-refractivity contribution >= 4 is 11.8 Å². The maximum atomic E-state index is 3.41. The second-order valence-electron chi connectivity index (χ2n) is 4.17. The molecule has 1 atom stereocenters. The second-order valence-corrected chi connectivity index (χ2v) is 5.26. The van der Waals surface area contributed by atoms with Crippen LogP contribution in [0, 0.1) is 5.92 Å². The maximum Gasteiger partial charge on any atom is 0.00722 e. The number of benzene rings is 1. The number of hydrogen-bond acceptors (Lipinski definition) is 2. The fraction of sp³-hybridized carbons (Fsp3) is 0.538. The van der Waals surface area contributed by atoms with Crippen LogP contribution in [-0.4, -0.2) is 18.8 Å². The van der Waals surface area contributed by atoms with Gasteiger partial charge in [0.1, 0.15) is 0 Å². The van der Waals surface area contributed by atoms with Crippen molar-refractivity contribution < 1.29 is 0 Å². The molecule has 1 unspecified atom stereocenters. The van der Waals surface area contributed by atoms with Gasteiger partial charge in [0.15, 0.2) is 0 Å². The van der Waals surface area contributed by atoms with Crippen molar-refractivity contribution in [2.24, 2.45) is 5.92 Å². The fourth-order valence-electron chi connectivity index (χ4n) is 1.89. The standard InChI is InChI=1S/C13H19NS/c1-2-11-3-5-13(6-4-11)15-10-12-7-8-14-9-12/h3-6,12,14H,2,7-10H2,1H3. The Hall–Kier alpha value is -0.470. The van der Waals surface area contributed by atoms with E-state index in [1.807, 2.05) is 11.8 Å². The molecule has 0 aromatic heterocycles. The van der Waals surface area contributed by atoms with E-state index in [4.69, 9.17) is 0 Å². The van der Waals surface area contributed by atoms with Gasteiger partial charge in [0.25, 0.3) is 0 Å². The van der Waals surface area contributed by atoms with Crippen molar-refractivity contribution in [3.05, 3.63) is 29.8 Å². The first-order valence-electron chi connectivity index (χ1n) is 5.81. The Bertz CT molecular complexity index is 288. The molecule has 15 heavy (non-hydrogen) atoms. The van der Waals surface area contributed by atoms with Crippen molar-refractivity contribution in [2.45, 2.75) is 24.7 Å². The Balaban J connectivity index is 1.82. The molecule has 0 aliphatic carbocycles. The summed E-state index contributed by atoms with van der Waals surface area (Å²) in [6.07, 6.45) is 2.48. The van der Waals surface area contributed by atoms with Gasteiger partial charge in [-0.3, -0.25) is 0 Å². The number of hydrogen-bond donors (Lipinski definition) is 1. The van der Waals surface area contributed by atoms with Gasteiger partial charge < -0.3 is 5.32 Å². The Labute approximate surface area is 96.7 Å². The molecule has 0 spiro atoms. The van der Waals surface area contributed by atoms with Crippen LogP contribution in [0.4, 0.5) is 0 Å². The monoisotopic (exact) mass is 221 g/mol. The highest BCUT2D eigenvalue weighted by molar-refractivity contribution is 7.99. The van der Waals surface area contributed by atoms with Crippen LogP contribution in [0.25, 0.3) is 0 Å². The average Bonchev–Trinajstić information content (AvgIpc) is 2.80. The highest BCUT2D eigenvalue weighted by atomic mass is 32.2. The Kier molecular flexibility index (Phi) is 4.09. The lowest BCUT2D eigenvalue weighted by Gasteiger charge is -2.07. The Morgan fingerprint density at radius 3 is 2.73 bits per heavy atom. The zero-order chi connectivity index (χ0) is 10.5. The quantitative estimate of drug-likeness (QED) is 0.785. The maximum absolute atomic E-state index is 3.41.